The fourth-order valence-corrected chi connectivity index (χ4v) is 3.16. The standard InChI is InChI=1S/C23H20N4O3/c28-22(26-17-7-6-12-24-15-17)21(27-23(29)30-18-8-2-1-3-9-18)13-16-14-25-20-11-5-4-10-19(16)20/h1-12,14-15,21,25H,13H2,(H,26,28)(H,27,29)/t21-/m1/s1. The molecule has 7 heteroatoms. The Morgan fingerprint density at radius 3 is 2.60 bits per heavy atom. The number of hydrogen-bond donors (Lipinski definition) is 3. The summed E-state index contributed by atoms with van der Waals surface area (Å²) in [5.74, 6) is 0.0341. The summed E-state index contributed by atoms with van der Waals surface area (Å²) < 4.78 is 5.30. The average molecular weight is 400 g/mol. The van der Waals surface area contributed by atoms with Gasteiger partial charge < -0.3 is 20.4 Å². The van der Waals surface area contributed by atoms with Crippen LogP contribution in [-0.4, -0.2) is 28.0 Å². The maximum absolute atomic E-state index is 12.9. The molecule has 2 amide bonds. The Bertz CT molecular complexity index is 1140. The van der Waals surface area contributed by atoms with Crippen molar-refractivity contribution in [3.8, 4) is 5.75 Å². The lowest BCUT2D eigenvalue weighted by Crippen LogP contribution is -2.46. The number of H-pyrrole nitrogens is 1. The molecule has 0 saturated heterocycles. The molecule has 3 N–H and O–H groups in total. The number of rotatable bonds is 6. The van der Waals surface area contributed by atoms with E-state index in [0.717, 1.165) is 16.5 Å². The molecule has 0 radical (unpaired) electrons. The molecule has 0 aliphatic rings. The van der Waals surface area contributed by atoms with Gasteiger partial charge in [0, 0.05) is 29.7 Å². The first-order valence-electron chi connectivity index (χ1n) is 9.48. The number of fused-ring (bicyclic) bond motifs is 1. The van der Waals surface area contributed by atoms with Gasteiger partial charge in [0.05, 0.1) is 11.9 Å². The van der Waals surface area contributed by atoms with Gasteiger partial charge in [-0.25, -0.2) is 4.79 Å². The maximum Gasteiger partial charge on any atom is 0.413 e. The Labute approximate surface area is 173 Å². The van der Waals surface area contributed by atoms with Crippen LogP contribution in [0, 0.1) is 0 Å². The molecule has 0 aliphatic carbocycles. The van der Waals surface area contributed by atoms with Crippen LogP contribution in [0.4, 0.5) is 10.5 Å². The van der Waals surface area contributed by atoms with Crippen LogP contribution in [0.2, 0.25) is 0 Å². The molecule has 2 aromatic heterocycles. The zero-order valence-corrected chi connectivity index (χ0v) is 16.0. The molecule has 1 atom stereocenters. The minimum atomic E-state index is -0.847. The molecular formula is C23H20N4O3. The van der Waals surface area contributed by atoms with Gasteiger partial charge in [0.15, 0.2) is 0 Å². The zero-order chi connectivity index (χ0) is 20.8. The average Bonchev–Trinajstić information content (AvgIpc) is 3.17. The number of para-hydroxylation sites is 2. The second kappa shape index (κ2) is 8.91. The number of nitrogens with zero attached hydrogens (tertiary/aromatic N) is 1. The van der Waals surface area contributed by atoms with Crippen molar-refractivity contribution >= 4 is 28.6 Å². The molecule has 0 saturated carbocycles. The van der Waals surface area contributed by atoms with E-state index in [2.05, 4.69) is 20.6 Å². The fourth-order valence-electron chi connectivity index (χ4n) is 3.16. The first-order valence-corrected chi connectivity index (χ1v) is 9.48. The minimum Gasteiger partial charge on any atom is -0.410 e. The van der Waals surface area contributed by atoms with Crippen LogP contribution in [0.5, 0.6) is 5.75 Å². The summed E-state index contributed by atoms with van der Waals surface area (Å²) in [5, 5.41) is 6.47. The number of carbonyl (C=O) groups is 2. The largest absolute Gasteiger partial charge is 0.413 e. The van der Waals surface area contributed by atoms with Crippen molar-refractivity contribution in [1.29, 1.82) is 0 Å². The highest BCUT2D eigenvalue weighted by molar-refractivity contribution is 5.97. The second-order valence-corrected chi connectivity index (χ2v) is 6.69. The summed E-state index contributed by atoms with van der Waals surface area (Å²) in [7, 11) is 0. The van der Waals surface area contributed by atoms with Crippen LogP contribution < -0.4 is 15.4 Å². The van der Waals surface area contributed by atoms with E-state index in [0.29, 0.717) is 17.9 Å². The van der Waals surface area contributed by atoms with Crippen molar-refractivity contribution in [1.82, 2.24) is 15.3 Å². The van der Waals surface area contributed by atoms with E-state index in [1.54, 1.807) is 48.8 Å². The summed E-state index contributed by atoms with van der Waals surface area (Å²) in [6, 6.07) is 19.1. The summed E-state index contributed by atoms with van der Waals surface area (Å²) in [6.45, 7) is 0. The fraction of sp³-hybridized carbons (Fsp3) is 0.0870. The number of aromatic nitrogens is 2. The van der Waals surface area contributed by atoms with E-state index in [9.17, 15) is 9.59 Å². The molecule has 0 fully saturated rings. The smallest absolute Gasteiger partial charge is 0.410 e. The van der Waals surface area contributed by atoms with Crippen LogP contribution in [-0.2, 0) is 11.2 Å². The topological polar surface area (TPSA) is 96.1 Å². The molecule has 0 unspecified atom stereocenters. The molecule has 30 heavy (non-hydrogen) atoms. The van der Waals surface area contributed by atoms with Crippen molar-refractivity contribution < 1.29 is 14.3 Å². The monoisotopic (exact) mass is 400 g/mol. The number of amides is 2. The molecule has 0 bridgehead atoms. The van der Waals surface area contributed by atoms with Gasteiger partial charge in [-0.05, 0) is 35.9 Å². The third-order valence-corrected chi connectivity index (χ3v) is 4.59. The van der Waals surface area contributed by atoms with Gasteiger partial charge in [0.1, 0.15) is 11.8 Å². The predicted molar refractivity (Wildman–Crippen MR) is 114 cm³/mol. The lowest BCUT2D eigenvalue weighted by Gasteiger charge is -2.18. The Kier molecular flexibility index (Phi) is 5.70. The first-order chi connectivity index (χ1) is 14.7. The Morgan fingerprint density at radius 1 is 1.00 bits per heavy atom. The Balaban J connectivity index is 1.53. The molecule has 2 heterocycles. The summed E-state index contributed by atoms with van der Waals surface area (Å²) >= 11 is 0. The number of carbonyl (C=O) groups excluding carboxylic acids is 2. The minimum absolute atomic E-state index is 0.292. The van der Waals surface area contributed by atoms with E-state index in [4.69, 9.17) is 4.74 Å². The Hall–Kier alpha value is -4.13. The predicted octanol–water partition coefficient (Wildman–Crippen LogP) is 3.90. The quantitative estimate of drug-likeness (QED) is 0.457. The van der Waals surface area contributed by atoms with Gasteiger partial charge in [0.25, 0.3) is 0 Å². The number of anilines is 1. The molecular weight excluding hydrogens is 380 g/mol. The summed E-state index contributed by atoms with van der Waals surface area (Å²) in [6.07, 6.45) is 4.60. The SMILES string of the molecule is O=C(N[C@H](Cc1c[nH]c2ccccc12)C(=O)Nc1cccnc1)Oc1ccccc1. The molecule has 150 valence electrons. The van der Waals surface area contributed by atoms with Gasteiger partial charge in [-0.15, -0.1) is 0 Å². The number of benzene rings is 2. The van der Waals surface area contributed by atoms with E-state index < -0.39 is 12.1 Å². The third-order valence-electron chi connectivity index (χ3n) is 4.59. The molecule has 4 rings (SSSR count). The molecule has 0 spiro atoms. The van der Waals surface area contributed by atoms with Crippen LogP contribution in [0.15, 0.2) is 85.3 Å². The Morgan fingerprint density at radius 2 is 1.80 bits per heavy atom. The van der Waals surface area contributed by atoms with Gasteiger partial charge in [-0.1, -0.05) is 36.4 Å². The van der Waals surface area contributed by atoms with Crippen LogP contribution in [0.25, 0.3) is 10.9 Å². The van der Waals surface area contributed by atoms with Gasteiger partial charge >= 0.3 is 6.09 Å². The van der Waals surface area contributed by atoms with Crippen molar-refractivity contribution in [3.63, 3.8) is 0 Å². The first kappa shape index (κ1) is 19.2. The normalized spacial score (nSPS) is 11.6. The van der Waals surface area contributed by atoms with E-state index in [-0.39, 0.29) is 5.91 Å². The van der Waals surface area contributed by atoms with Crippen LogP contribution >= 0.6 is 0 Å². The number of pyridine rings is 1. The molecule has 4 aromatic rings. The van der Waals surface area contributed by atoms with Crippen molar-refractivity contribution in [2.45, 2.75) is 12.5 Å². The zero-order valence-electron chi connectivity index (χ0n) is 16.0. The van der Waals surface area contributed by atoms with Gasteiger partial charge in [-0.3, -0.25) is 9.78 Å². The second-order valence-electron chi connectivity index (χ2n) is 6.69. The van der Waals surface area contributed by atoms with Crippen LogP contribution in [0.3, 0.4) is 0 Å². The number of ether oxygens (including phenoxy) is 1. The lowest BCUT2D eigenvalue weighted by molar-refractivity contribution is -0.118. The van der Waals surface area contributed by atoms with Crippen molar-refractivity contribution in [2.75, 3.05) is 5.32 Å². The highest BCUT2D eigenvalue weighted by atomic mass is 16.6. The molecule has 7 nitrogen and oxygen atoms in total. The summed E-state index contributed by atoms with van der Waals surface area (Å²) in [5.41, 5.74) is 2.42. The van der Waals surface area contributed by atoms with Crippen molar-refractivity contribution in [2.24, 2.45) is 0 Å². The van der Waals surface area contributed by atoms with Crippen LogP contribution in [0.1, 0.15) is 5.56 Å². The number of nitrogens with one attached hydrogen (secondary N) is 3. The highest BCUT2D eigenvalue weighted by Crippen LogP contribution is 2.20. The van der Waals surface area contributed by atoms with E-state index in [1.807, 2.05) is 36.5 Å². The van der Waals surface area contributed by atoms with E-state index >= 15 is 0 Å². The van der Waals surface area contributed by atoms with Gasteiger partial charge in [-0.2, -0.15) is 0 Å². The third kappa shape index (κ3) is 4.64. The van der Waals surface area contributed by atoms with E-state index in [1.165, 1.54) is 0 Å². The number of aromatic amines is 1. The van der Waals surface area contributed by atoms with Crippen molar-refractivity contribution in [3.05, 3.63) is 90.9 Å². The number of hydrogen-bond acceptors (Lipinski definition) is 4. The van der Waals surface area contributed by atoms with Gasteiger partial charge in [0.2, 0.25) is 5.91 Å². The highest BCUT2D eigenvalue weighted by Gasteiger charge is 2.24. The summed E-state index contributed by atoms with van der Waals surface area (Å²) in [4.78, 5) is 32.6. The molecule has 2 aromatic carbocycles. The lowest BCUT2D eigenvalue weighted by atomic mass is 10.0. The molecule has 0 aliphatic heterocycles. The maximum atomic E-state index is 12.9.